The molecule has 2 N–H and O–H groups in total. The van der Waals surface area contributed by atoms with Gasteiger partial charge in [0.15, 0.2) is 0 Å². The van der Waals surface area contributed by atoms with Crippen LogP contribution in [0.5, 0.6) is 0 Å². The summed E-state index contributed by atoms with van der Waals surface area (Å²) in [6.45, 7) is 2.30. The van der Waals surface area contributed by atoms with E-state index in [1.807, 2.05) is 6.07 Å². The molecular weight excluding hydrogens is 228 g/mol. The quantitative estimate of drug-likeness (QED) is 0.848. The molecule has 96 valence electrons. The van der Waals surface area contributed by atoms with E-state index >= 15 is 0 Å². The molecule has 0 bridgehead atoms. The third kappa shape index (κ3) is 2.77. The molecule has 5 nitrogen and oxygen atoms in total. The zero-order valence-corrected chi connectivity index (χ0v) is 10.6. The summed E-state index contributed by atoms with van der Waals surface area (Å²) in [6, 6.07) is 3.56. The predicted octanol–water partition coefficient (Wildman–Crippen LogP) is 1.70. The van der Waals surface area contributed by atoms with E-state index in [-0.39, 0.29) is 12.1 Å². The zero-order valence-electron chi connectivity index (χ0n) is 10.6. The zero-order chi connectivity index (χ0) is 13.0. The number of aliphatic hydroxyl groups excluding tert-OH is 1. The number of nitrogens with one attached hydrogen (secondary N) is 1. The van der Waals surface area contributed by atoms with Gasteiger partial charge in [-0.25, -0.2) is 9.97 Å². The molecule has 2 rings (SSSR count). The van der Waals surface area contributed by atoms with Gasteiger partial charge in [0.25, 0.3) is 0 Å². The van der Waals surface area contributed by atoms with E-state index in [2.05, 4.69) is 22.2 Å². The Morgan fingerprint density at radius 3 is 2.89 bits per heavy atom. The molecule has 1 aromatic heterocycles. The summed E-state index contributed by atoms with van der Waals surface area (Å²) in [4.78, 5) is 8.21. The van der Waals surface area contributed by atoms with Crippen LogP contribution in [0.15, 0.2) is 12.3 Å². The molecule has 0 aliphatic heterocycles. The monoisotopic (exact) mass is 246 g/mol. The Morgan fingerprint density at radius 2 is 2.28 bits per heavy atom. The maximum absolute atomic E-state index is 9.63. The van der Waals surface area contributed by atoms with Gasteiger partial charge < -0.3 is 10.4 Å². The third-order valence-electron chi connectivity index (χ3n) is 3.68. The van der Waals surface area contributed by atoms with Gasteiger partial charge in [0.1, 0.15) is 11.8 Å². The minimum Gasteiger partial charge on any atom is -0.394 e. The van der Waals surface area contributed by atoms with Gasteiger partial charge in [-0.2, -0.15) is 5.26 Å². The first-order chi connectivity index (χ1) is 8.67. The van der Waals surface area contributed by atoms with Crippen molar-refractivity contribution in [2.24, 2.45) is 5.92 Å². The molecule has 0 spiro atoms. The maximum Gasteiger partial charge on any atom is 0.224 e. The number of aromatic nitrogens is 2. The van der Waals surface area contributed by atoms with Gasteiger partial charge in [0, 0.05) is 6.20 Å². The van der Waals surface area contributed by atoms with Gasteiger partial charge >= 0.3 is 0 Å². The number of nitriles is 1. The van der Waals surface area contributed by atoms with Crippen LogP contribution >= 0.6 is 0 Å². The summed E-state index contributed by atoms with van der Waals surface area (Å²) in [5.74, 6) is 1.13. The molecule has 18 heavy (non-hydrogen) atoms. The van der Waals surface area contributed by atoms with Crippen LogP contribution in [0.1, 0.15) is 38.3 Å². The summed E-state index contributed by atoms with van der Waals surface area (Å²) in [5.41, 5.74) is 0.00500. The fraction of sp³-hybridized carbons (Fsp3) is 0.615. The van der Waals surface area contributed by atoms with Gasteiger partial charge in [-0.3, -0.25) is 0 Å². The van der Waals surface area contributed by atoms with Crippen molar-refractivity contribution < 1.29 is 5.11 Å². The topological polar surface area (TPSA) is 81.8 Å². The molecule has 1 fully saturated rings. The molecule has 1 aliphatic rings. The van der Waals surface area contributed by atoms with E-state index < -0.39 is 0 Å². The second-order valence-corrected chi connectivity index (χ2v) is 5.12. The molecule has 0 amide bonds. The minimum absolute atomic E-state index is 0.0693. The Labute approximate surface area is 107 Å². The summed E-state index contributed by atoms with van der Waals surface area (Å²) in [7, 11) is 0. The van der Waals surface area contributed by atoms with Gasteiger partial charge in [-0.15, -0.1) is 0 Å². The molecule has 1 aliphatic carbocycles. The lowest BCUT2D eigenvalue weighted by Crippen LogP contribution is -2.45. The second-order valence-electron chi connectivity index (χ2n) is 5.12. The van der Waals surface area contributed by atoms with E-state index in [1.165, 1.54) is 0 Å². The highest BCUT2D eigenvalue weighted by molar-refractivity contribution is 5.33. The van der Waals surface area contributed by atoms with Crippen LogP contribution in [-0.4, -0.2) is 27.2 Å². The second kappa shape index (κ2) is 5.32. The van der Waals surface area contributed by atoms with Crippen LogP contribution in [0.4, 0.5) is 5.95 Å². The number of hydrogen-bond donors (Lipinski definition) is 2. The fourth-order valence-corrected chi connectivity index (χ4v) is 2.36. The first-order valence-corrected chi connectivity index (χ1v) is 6.30. The number of nitrogens with zero attached hydrogens (tertiary/aromatic N) is 3. The lowest BCUT2D eigenvalue weighted by Gasteiger charge is -2.38. The first-order valence-electron chi connectivity index (χ1n) is 6.30. The largest absolute Gasteiger partial charge is 0.394 e. The Hall–Kier alpha value is -1.67. The van der Waals surface area contributed by atoms with Crippen molar-refractivity contribution in [2.45, 2.75) is 38.1 Å². The minimum atomic E-state index is -0.333. The Morgan fingerprint density at radius 1 is 1.56 bits per heavy atom. The molecule has 1 aromatic rings. The van der Waals surface area contributed by atoms with E-state index in [0.717, 1.165) is 25.7 Å². The van der Waals surface area contributed by atoms with Crippen LogP contribution in [0.25, 0.3) is 0 Å². The third-order valence-corrected chi connectivity index (χ3v) is 3.68. The van der Waals surface area contributed by atoms with Gasteiger partial charge in [0.2, 0.25) is 5.95 Å². The van der Waals surface area contributed by atoms with Gasteiger partial charge in [-0.05, 0) is 37.7 Å². The average molecular weight is 246 g/mol. The van der Waals surface area contributed by atoms with Crippen molar-refractivity contribution in [3.63, 3.8) is 0 Å². The van der Waals surface area contributed by atoms with Crippen molar-refractivity contribution in [3.8, 4) is 6.07 Å². The van der Waals surface area contributed by atoms with Crippen molar-refractivity contribution in [3.05, 3.63) is 18.0 Å². The van der Waals surface area contributed by atoms with E-state index in [4.69, 9.17) is 5.26 Å². The Bertz CT molecular complexity index is 447. The van der Waals surface area contributed by atoms with Gasteiger partial charge in [0.05, 0.1) is 12.1 Å². The molecule has 1 heterocycles. The summed E-state index contributed by atoms with van der Waals surface area (Å²) in [6.07, 6.45) is 5.55. The molecule has 1 saturated carbocycles. The maximum atomic E-state index is 9.63. The van der Waals surface area contributed by atoms with E-state index in [1.54, 1.807) is 12.3 Å². The van der Waals surface area contributed by atoms with Crippen LogP contribution in [0, 0.1) is 17.2 Å². The molecular formula is C13H18N4O. The number of hydrogen-bond acceptors (Lipinski definition) is 5. The fourth-order valence-electron chi connectivity index (χ4n) is 2.36. The Balaban J connectivity index is 2.12. The highest BCUT2D eigenvalue weighted by Gasteiger charge is 2.34. The van der Waals surface area contributed by atoms with Gasteiger partial charge in [-0.1, -0.05) is 6.92 Å². The number of rotatable bonds is 3. The summed E-state index contributed by atoms with van der Waals surface area (Å²) >= 11 is 0. The molecule has 0 unspecified atom stereocenters. The van der Waals surface area contributed by atoms with Crippen LogP contribution < -0.4 is 5.32 Å². The number of aliphatic hydroxyl groups is 1. The standard InChI is InChI=1S/C13H18N4O/c1-10-2-5-13(9-18,6-3-10)17-12-15-7-4-11(8-14)16-12/h4,7,10,18H,2-3,5-6,9H2,1H3,(H,15,16,17). The number of anilines is 1. The van der Waals surface area contributed by atoms with Crippen LogP contribution in [0.2, 0.25) is 0 Å². The van der Waals surface area contributed by atoms with Crippen LogP contribution in [0.3, 0.4) is 0 Å². The summed E-state index contributed by atoms with van der Waals surface area (Å²) in [5, 5.41) is 21.7. The van der Waals surface area contributed by atoms with Crippen LogP contribution in [-0.2, 0) is 0 Å². The van der Waals surface area contributed by atoms with Crippen molar-refractivity contribution >= 4 is 5.95 Å². The predicted molar refractivity (Wildman–Crippen MR) is 67.8 cm³/mol. The molecule has 5 heteroatoms. The lowest BCUT2D eigenvalue weighted by atomic mass is 9.77. The van der Waals surface area contributed by atoms with E-state index in [9.17, 15) is 5.11 Å². The molecule has 0 radical (unpaired) electrons. The molecule has 0 saturated heterocycles. The normalized spacial score (nSPS) is 27.5. The Kier molecular flexibility index (Phi) is 3.78. The van der Waals surface area contributed by atoms with E-state index in [0.29, 0.717) is 17.6 Å². The average Bonchev–Trinajstić information content (AvgIpc) is 2.42. The molecule has 0 atom stereocenters. The SMILES string of the molecule is CC1CCC(CO)(Nc2nccc(C#N)n2)CC1. The van der Waals surface area contributed by atoms with Crippen molar-refractivity contribution in [1.82, 2.24) is 9.97 Å². The first kappa shape index (κ1) is 12.8. The summed E-state index contributed by atoms with van der Waals surface area (Å²) < 4.78 is 0. The smallest absolute Gasteiger partial charge is 0.224 e. The van der Waals surface area contributed by atoms with Crippen molar-refractivity contribution in [1.29, 1.82) is 5.26 Å². The van der Waals surface area contributed by atoms with Crippen molar-refractivity contribution in [2.75, 3.05) is 11.9 Å². The highest BCUT2D eigenvalue weighted by Crippen LogP contribution is 2.33. The lowest BCUT2D eigenvalue weighted by molar-refractivity contribution is 0.154. The highest BCUT2D eigenvalue weighted by atomic mass is 16.3. The molecule has 0 aromatic carbocycles.